The maximum Gasteiger partial charge on any atom is 0.227 e. The van der Waals surface area contributed by atoms with Crippen LogP contribution in [0.4, 0.5) is 0 Å². The summed E-state index contributed by atoms with van der Waals surface area (Å²) in [5.74, 6) is 0.451. The Kier molecular flexibility index (Phi) is 4.86. The number of rotatable bonds is 2. The van der Waals surface area contributed by atoms with Gasteiger partial charge in [-0.1, -0.05) is 11.6 Å². The second-order valence-corrected chi connectivity index (χ2v) is 8.83. The lowest BCUT2D eigenvalue weighted by molar-refractivity contribution is -0.139. The SMILES string of the molecule is CC(C)N1CC(C(=O)N2CCC3(CC2)CC(=O)c2cc(Cl)ccc2O3)CC1=O. The van der Waals surface area contributed by atoms with Gasteiger partial charge in [-0.15, -0.1) is 0 Å². The molecule has 150 valence electrons. The summed E-state index contributed by atoms with van der Waals surface area (Å²) in [5, 5.41) is 0.522. The zero-order valence-electron chi connectivity index (χ0n) is 16.2. The molecule has 1 spiro atoms. The van der Waals surface area contributed by atoms with Crippen LogP contribution >= 0.6 is 11.6 Å². The fraction of sp³-hybridized carbons (Fsp3) is 0.571. The number of fused-ring (bicyclic) bond motifs is 1. The number of nitrogens with zero attached hydrogens (tertiary/aromatic N) is 2. The van der Waals surface area contributed by atoms with E-state index >= 15 is 0 Å². The number of hydrogen-bond acceptors (Lipinski definition) is 4. The number of halogens is 1. The van der Waals surface area contributed by atoms with Crippen LogP contribution < -0.4 is 4.74 Å². The van der Waals surface area contributed by atoms with Crippen LogP contribution in [0.25, 0.3) is 0 Å². The predicted octanol–water partition coefficient (Wildman–Crippen LogP) is 2.92. The van der Waals surface area contributed by atoms with E-state index in [9.17, 15) is 14.4 Å². The molecule has 7 heteroatoms. The smallest absolute Gasteiger partial charge is 0.227 e. The molecular formula is C21H25ClN2O4. The standard InChI is InChI=1S/C21H25ClN2O4/c1-13(2)24-12-14(9-19(24)26)20(27)23-7-5-21(6-8-23)11-17(25)16-10-15(22)3-4-18(16)28-21/h3-4,10,13-14H,5-9,11-12H2,1-2H3. The fourth-order valence-electron chi connectivity index (χ4n) is 4.53. The molecule has 0 aromatic heterocycles. The Morgan fingerprint density at radius 1 is 1.25 bits per heavy atom. The van der Waals surface area contributed by atoms with E-state index < -0.39 is 5.60 Å². The van der Waals surface area contributed by atoms with Crippen molar-refractivity contribution in [3.8, 4) is 5.75 Å². The summed E-state index contributed by atoms with van der Waals surface area (Å²) >= 11 is 6.00. The molecule has 1 aromatic rings. The zero-order valence-corrected chi connectivity index (χ0v) is 17.0. The number of ether oxygens (including phenoxy) is 1. The van der Waals surface area contributed by atoms with Gasteiger partial charge in [-0.3, -0.25) is 14.4 Å². The van der Waals surface area contributed by atoms with Gasteiger partial charge in [0.05, 0.1) is 17.9 Å². The van der Waals surface area contributed by atoms with Crippen molar-refractivity contribution >= 4 is 29.2 Å². The lowest BCUT2D eigenvalue weighted by Gasteiger charge is -2.44. The highest BCUT2D eigenvalue weighted by Crippen LogP contribution is 2.40. The number of ketones is 1. The number of hydrogen-bond donors (Lipinski definition) is 0. The van der Waals surface area contributed by atoms with Crippen molar-refractivity contribution in [3.63, 3.8) is 0 Å². The van der Waals surface area contributed by atoms with Crippen LogP contribution in [0.3, 0.4) is 0 Å². The van der Waals surface area contributed by atoms with E-state index in [1.165, 1.54) is 0 Å². The van der Waals surface area contributed by atoms with Crippen LogP contribution in [-0.2, 0) is 9.59 Å². The normalized spacial score (nSPS) is 23.9. The minimum atomic E-state index is -0.551. The van der Waals surface area contributed by atoms with E-state index in [1.54, 1.807) is 23.1 Å². The van der Waals surface area contributed by atoms with Crippen molar-refractivity contribution in [2.45, 2.75) is 51.2 Å². The van der Waals surface area contributed by atoms with E-state index in [1.807, 2.05) is 18.7 Å². The minimum absolute atomic E-state index is 0.0393. The average molecular weight is 405 g/mol. The summed E-state index contributed by atoms with van der Waals surface area (Å²) < 4.78 is 6.23. The second kappa shape index (κ2) is 7.07. The van der Waals surface area contributed by atoms with Gasteiger partial charge < -0.3 is 14.5 Å². The van der Waals surface area contributed by atoms with Crippen molar-refractivity contribution < 1.29 is 19.1 Å². The first-order valence-corrected chi connectivity index (χ1v) is 10.3. The average Bonchev–Trinajstić information content (AvgIpc) is 3.05. The van der Waals surface area contributed by atoms with Crippen molar-refractivity contribution in [1.29, 1.82) is 0 Å². The highest BCUT2D eigenvalue weighted by molar-refractivity contribution is 6.31. The first-order valence-electron chi connectivity index (χ1n) is 9.88. The maximum atomic E-state index is 12.9. The van der Waals surface area contributed by atoms with Gasteiger partial charge in [-0.05, 0) is 32.0 Å². The van der Waals surface area contributed by atoms with E-state index in [0.29, 0.717) is 61.7 Å². The van der Waals surface area contributed by atoms with Crippen LogP contribution in [-0.4, -0.2) is 58.7 Å². The van der Waals surface area contributed by atoms with E-state index in [4.69, 9.17) is 16.3 Å². The molecule has 2 amide bonds. The molecule has 0 aliphatic carbocycles. The first-order chi connectivity index (χ1) is 13.3. The van der Waals surface area contributed by atoms with Crippen LogP contribution in [0, 0.1) is 5.92 Å². The molecular weight excluding hydrogens is 380 g/mol. The number of benzene rings is 1. The van der Waals surface area contributed by atoms with Crippen molar-refractivity contribution in [2.75, 3.05) is 19.6 Å². The third kappa shape index (κ3) is 3.39. The lowest BCUT2D eigenvalue weighted by Crippen LogP contribution is -2.53. The number of amides is 2. The second-order valence-electron chi connectivity index (χ2n) is 8.39. The molecule has 1 atom stereocenters. The molecule has 3 aliphatic rings. The molecule has 1 unspecified atom stereocenters. The fourth-order valence-corrected chi connectivity index (χ4v) is 4.71. The van der Waals surface area contributed by atoms with Crippen LogP contribution in [0.5, 0.6) is 5.75 Å². The molecule has 3 aliphatic heterocycles. The molecule has 1 aromatic carbocycles. The molecule has 0 bridgehead atoms. The Labute approximate surface area is 169 Å². The van der Waals surface area contributed by atoms with Gasteiger partial charge in [0, 0.05) is 50.0 Å². The summed E-state index contributed by atoms with van der Waals surface area (Å²) in [4.78, 5) is 41.2. The third-order valence-corrected chi connectivity index (χ3v) is 6.40. The summed E-state index contributed by atoms with van der Waals surface area (Å²) in [7, 11) is 0. The summed E-state index contributed by atoms with van der Waals surface area (Å²) in [6.07, 6.45) is 1.83. The van der Waals surface area contributed by atoms with Gasteiger partial charge in [-0.25, -0.2) is 0 Å². The largest absolute Gasteiger partial charge is 0.486 e. The number of carbonyl (C=O) groups excluding carboxylic acids is 3. The molecule has 0 N–H and O–H groups in total. The third-order valence-electron chi connectivity index (χ3n) is 6.17. The molecule has 2 fully saturated rings. The maximum absolute atomic E-state index is 12.9. The van der Waals surface area contributed by atoms with Gasteiger partial charge in [0.25, 0.3) is 0 Å². The van der Waals surface area contributed by atoms with Crippen molar-refractivity contribution in [2.24, 2.45) is 5.92 Å². The topological polar surface area (TPSA) is 66.9 Å². The van der Waals surface area contributed by atoms with E-state index in [2.05, 4.69) is 0 Å². The monoisotopic (exact) mass is 404 g/mol. The van der Waals surface area contributed by atoms with Gasteiger partial charge in [0.15, 0.2) is 5.78 Å². The molecule has 6 nitrogen and oxygen atoms in total. The van der Waals surface area contributed by atoms with Gasteiger partial charge in [0.1, 0.15) is 11.4 Å². The quantitative estimate of drug-likeness (QED) is 0.760. The Morgan fingerprint density at radius 3 is 2.61 bits per heavy atom. The predicted molar refractivity (Wildman–Crippen MR) is 105 cm³/mol. The molecule has 4 rings (SSSR count). The molecule has 28 heavy (non-hydrogen) atoms. The van der Waals surface area contributed by atoms with Gasteiger partial charge in [-0.2, -0.15) is 0 Å². The summed E-state index contributed by atoms with van der Waals surface area (Å²) in [5.41, 5.74) is -0.0145. The summed E-state index contributed by atoms with van der Waals surface area (Å²) in [6, 6.07) is 5.24. The van der Waals surface area contributed by atoms with Gasteiger partial charge in [0.2, 0.25) is 11.8 Å². The highest BCUT2D eigenvalue weighted by atomic mass is 35.5. The van der Waals surface area contributed by atoms with E-state index in [-0.39, 0.29) is 29.6 Å². The Balaban J connectivity index is 1.41. The Morgan fingerprint density at radius 2 is 1.96 bits per heavy atom. The van der Waals surface area contributed by atoms with Gasteiger partial charge >= 0.3 is 0 Å². The molecule has 2 saturated heterocycles. The lowest BCUT2D eigenvalue weighted by atomic mass is 9.82. The van der Waals surface area contributed by atoms with Crippen molar-refractivity contribution in [1.82, 2.24) is 9.80 Å². The van der Waals surface area contributed by atoms with Crippen LogP contribution in [0.2, 0.25) is 5.02 Å². The molecule has 0 saturated carbocycles. The van der Waals surface area contributed by atoms with E-state index in [0.717, 1.165) is 0 Å². The number of Topliss-reactive ketones (excluding diaryl/α,β-unsaturated/α-hetero) is 1. The number of piperidine rings is 1. The Bertz CT molecular complexity index is 830. The molecule has 3 heterocycles. The first kappa shape index (κ1) is 19.2. The number of carbonyl (C=O) groups is 3. The zero-order chi connectivity index (χ0) is 20.1. The minimum Gasteiger partial charge on any atom is -0.486 e. The van der Waals surface area contributed by atoms with Crippen LogP contribution in [0.1, 0.15) is 49.9 Å². The van der Waals surface area contributed by atoms with Crippen molar-refractivity contribution in [3.05, 3.63) is 28.8 Å². The highest BCUT2D eigenvalue weighted by Gasteiger charge is 2.45. The number of likely N-dealkylation sites (tertiary alicyclic amines) is 2. The molecule has 0 radical (unpaired) electrons. The van der Waals surface area contributed by atoms with Crippen LogP contribution in [0.15, 0.2) is 18.2 Å². The Hall–Kier alpha value is -2.08. The summed E-state index contributed by atoms with van der Waals surface area (Å²) in [6.45, 7) is 5.53.